The Morgan fingerprint density at radius 2 is 1.33 bits per heavy atom. The Morgan fingerprint density at radius 1 is 0.739 bits per heavy atom. The molecule has 2 heterocycles. The van der Waals surface area contributed by atoms with Crippen LogP contribution in [-0.4, -0.2) is 65.3 Å². The van der Waals surface area contributed by atoms with Crippen LogP contribution in [0, 0.1) is 5.92 Å². The van der Waals surface area contributed by atoms with E-state index in [4.69, 9.17) is 0 Å². The lowest BCUT2D eigenvalue weighted by Gasteiger charge is -2.39. The fraction of sp³-hybridized carbons (Fsp3) is 0.512. The van der Waals surface area contributed by atoms with Crippen LogP contribution in [0.1, 0.15) is 110 Å². The molecule has 0 spiro atoms. The van der Waals surface area contributed by atoms with Crippen molar-refractivity contribution in [3.05, 3.63) is 95.1 Å². The van der Waals surface area contributed by atoms with Gasteiger partial charge in [-0.2, -0.15) is 0 Å². The molecule has 0 bridgehead atoms. The van der Waals surface area contributed by atoms with Crippen LogP contribution < -0.4 is 0 Å². The summed E-state index contributed by atoms with van der Waals surface area (Å²) >= 11 is 0. The van der Waals surface area contributed by atoms with E-state index in [0.29, 0.717) is 12.5 Å². The number of hydrogen-bond acceptors (Lipinski definition) is 3. The SMILES string of the molecule is CCCCCc1ccc(C(=O)N(Cc2ccc(-c3ccc(C(=O)N4CCCCC4)cc3)cc2)C2CCN(CCC(C)C)CC2)cc1. The molecule has 0 radical (unpaired) electrons. The molecule has 2 aliphatic rings. The average molecular weight is 622 g/mol. The maximum Gasteiger partial charge on any atom is 0.254 e. The van der Waals surface area contributed by atoms with Crippen LogP contribution in [0.25, 0.3) is 11.1 Å². The third-order valence-electron chi connectivity index (χ3n) is 9.97. The Morgan fingerprint density at radius 3 is 1.93 bits per heavy atom. The van der Waals surface area contributed by atoms with E-state index in [9.17, 15) is 9.59 Å². The van der Waals surface area contributed by atoms with Crippen molar-refractivity contribution in [2.45, 2.75) is 97.6 Å². The molecule has 2 amide bonds. The maximum absolute atomic E-state index is 14.1. The fourth-order valence-corrected chi connectivity index (χ4v) is 6.91. The van der Waals surface area contributed by atoms with Gasteiger partial charge in [0.1, 0.15) is 0 Å². The molecule has 46 heavy (non-hydrogen) atoms. The molecule has 0 unspecified atom stereocenters. The van der Waals surface area contributed by atoms with Gasteiger partial charge < -0.3 is 14.7 Å². The van der Waals surface area contributed by atoms with Gasteiger partial charge in [-0.15, -0.1) is 0 Å². The first-order valence-electron chi connectivity index (χ1n) is 18.0. The van der Waals surface area contributed by atoms with E-state index in [1.807, 2.05) is 29.2 Å². The van der Waals surface area contributed by atoms with Gasteiger partial charge >= 0.3 is 0 Å². The number of amides is 2. The van der Waals surface area contributed by atoms with Crippen molar-refractivity contribution in [2.24, 2.45) is 5.92 Å². The standard InChI is InChI=1S/C41H55N3O2/c1-4-5-7-10-33-11-17-38(18-12-33)41(46)44(39-24-29-42(30-25-39)28-23-32(2)3)31-34-13-15-35(16-14-34)36-19-21-37(22-20-36)40(45)43-26-8-6-9-27-43/h11-22,32,39H,4-10,23-31H2,1-3H3. The van der Waals surface area contributed by atoms with E-state index in [-0.39, 0.29) is 17.9 Å². The summed E-state index contributed by atoms with van der Waals surface area (Å²) in [5, 5.41) is 0. The number of likely N-dealkylation sites (tertiary alicyclic amines) is 2. The van der Waals surface area contributed by atoms with Crippen molar-refractivity contribution < 1.29 is 9.59 Å². The molecule has 0 aromatic heterocycles. The van der Waals surface area contributed by atoms with Gasteiger partial charge in [0.25, 0.3) is 11.8 Å². The minimum absolute atomic E-state index is 0.138. The summed E-state index contributed by atoms with van der Waals surface area (Å²) < 4.78 is 0. The van der Waals surface area contributed by atoms with Gasteiger partial charge in [0.15, 0.2) is 0 Å². The molecule has 0 aliphatic carbocycles. The molecule has 5 nitrogen and oxygen atoms in total. The monoisotopic (exact) mass is 621 g/mol. The number of piperidine rings is 2. The second kappa shape index (κ2) is 16.9. The Bertz CT molecular complexity index is 1370. The molecule has 0 atom stereocenters. The Balaban J connectivity index is 1.27. The number of aryl methyl sites for hydroxylation is 1. The van der Waals surface area contributed by atoms with Crippen molar-refractivity contribution in [1.82, 2.24) is 14.7 Å². The molecule has 246 valence electrons. The fourth-order valence-electron chi connectivity index (χ4n) is 6.91. The second-order valence-electron chi connectivity index (χ2n) is 14.0. The molecule has 2 fully saturated rings. The van der Waals surface area contributed by atoms with Gasteiger partial charge in [-0.1, -0.05) is 82.1 Å². The summed E-state index contributed by atoms with van der Waals surface area (Å²) in [6.07, 6.45) is 11.4. The summed E-state index contributed by atoms with van der Waals surface area (Å²) in [4.78, 5) is 33.7. The van der Waals surface area contributed by atoms with Crippen LogP contribution in [0.5, 0.6) is 0 Å². The molecular weight excluding hydrogens is 566 g/mol. The van der Waals surface area contributed by atoms with E-state index in [1.165, 1.54) is 37.7 Å². The first-order valence-corrected chi connectivity index (χ1v) is 18.0. The van der Waals surface area contributed by atoms with E-state index >= 15 is 0 Å². The normalized spacial score (nSPS) is 16.1. The predicted octanol–water partition coefficient (Wildman–Crippen LogP) is 8.87. The first-order chi connectivity index (χ1) is 22.4. The van der Waals surface area contributed by atoms with Gasteiger partial charge in [-0.3, -0.25) is 9.59 Å². The zero-order chi connectivity index (χ0) is 32.3. The molecule has 3 aromatic carbocycles. The second-order valence-corrected chi connectivity index (χ2v) is 14.0. The third kappa shape index (κ3) is 9.31. The van der Waals surface area contributed by atoms with E-state index < -0.39 is 0 Å². The largest absolute Gasteiger partial charge is 0.339 e. The van der Waals surface area contributed by atoms with Gasteiger partial charge in [0.2, 0.25) is 0 Å². The highest BCUT2D eigenvalue weighted by Gasteiger charge is 2.29. The van der Waals surface area contributed by atoms with Crippen LogP contribution in [0.3, 0.4) is 0 Å². The zero-order valence-corrected chi connectivity index (χ0v) is 28.6. The van der Waals surface area contributed by atoms with Crippen molar-refractivity contribution in [3.8, 4) is 11.1 Å². The van der Waals surface area contributed by atoms with Crippen molar-refractivity contribution >= 4 is 11.8 Å². The average Bonchev–Trinajstić information content (AvgIpc) is 3.10. The van der Waals surface area contributed by atoms with E-state index in [1.54, 1.807) is 0 Å². The highest BCUT2D eigenvalue weighted by atomic mass is 16.2. The van der Waals surface area contributed by atoms with Crippen molar-refractivity contribution in [3.63, 3.8) is 0 Å². The van der Waals surface area contributed by atoms with E-state index in [0.717, 1.165) is 92.6 Å². The summed E-state index contributed by atoms with van der Waals surface area (Å²) in [6, 6.07) is 25.3. The Hall–Kier alpha value is -3.44. The predicted molar refractivity (Wildman–Crippen MR) is 190 cm³/mol. The zero-order valence-electron chi connectivity index (χ0n) is 28.6. The molecule has 0 N–H and O–H groups in total. The molecule has 3 aromatic rings. The number of carbonyl (C=O) groups is 2. The van der Waals surface area contributed by atoms with Crippen LogP contribution in [-0.2, 0) is 13.0 Å². The van der Waals surface area contributed by atoms with Gasteiger partial charge in [-0.05, 0) is 110 Å². The number of benzene rings is 3. The maximum atomic E-state index is 14.1. The highest BCUT2D eigenvalue weighted by molar-refractivity contribution is 5.95. The van der Waals surface area contributed by atoms with Gasteiger partial charge in [0, 0.05) is 49.9 Å². The molecule has 0 saturated carbocycles. The molecule has 2 saturated heterocycles. The number of hydrogen-bond donors (Lipinski definition) is 0. The molecule has 5 rings (SSSR count). The van der Waals surface area contributed by atoms with Crippen LogP contribution >= 0.6 is 0 Å². The van der Waals surface area contributed by atoms with Crippen LogP contribution in [0.2, 0.25) is 0 Å². The van der Waals surface area contributed by atoms with Crippen LogP contribution in [0.15, 0.2) is 72.8 Å². The summed E-state index contributed by atoms with van der Waals surface area (Å²) in [5.41, 5.74) is 6.23. The highest BCUT2D eigenvalue weighted by Crippen LogP contribution is 2.26. The Kier molecular flexibility index (Phi) is 12.5. The lowest BCUT2D eigenvalue weighted by Crippen LogP contribution is -2.47. The molecule has 2 aliphatic heterocycles. The third-order valence-corrected chi connectivity index (χ3v) is 9.97. The lowest BCUT2D eigenvalue weighted by atomic mass is 9.98. The first kappa shape index (κ1) is 33.9. The summed E-state index contributed by atoms with van der Waals surface area (Å²) in [6.45, 7) is 12.4. The summed E-state index contributed by atoms with van der Waals surface area (Å²) in [5.74, 6) is 0.991. The topological polar surface area (TPSA) is 43.9 Å². The van der Waals surface area contributed by atoms with Gasteiger partial charge in [0.05, 0.1) is 0 Å². The lowest BCUT2D eigenvalue weighted by molar-refractivity contribution is 0.0546. The Labute approximate surface area is 278 Å². The number of unbranched alkanes of at least 4 members (excludes halogenated alkanes) is 2. The number of nitrogens with zero attached hydrogens (tertiary/aromatic N) is 3. The van der Waals surface area contributed by atoms with Crippen LogP contribution in [0.4, 0.5) is 0 Å². The summed E-state index contributed by atoms with van der Waals surface area (Å²) in [7, 11) is 0. The van der Waals surface area contributed by atoms with E-state index in [2.05, 4.69) is 79.1 Å². The van der Waals surface area contributed by atoms with Gasteiger partial charge in [-0.25, -0.2) is 0 Å². The molecule has 5 heteroatoms. The minimum atomic E-state index is 0.138. The smallest absolute Gasteiger partial charge is 0.254 e. The minimum Gasteiger partial charge on any atom is -0.339 e. The molecular formula is C41H55N3O2. The quantitative estimate of drug-likeness (QED) is 0.179. The van der Waals surface area contributed by atoms with Crippen molar-refractivity contribution in [2.75, 3.05) is 32.7 Å². The number of rotatable bonds is 13. The number of carbonyl (C=O) groups excluding carboxylic acids is 2. The van der Waals surface area contributed by atoms with Crippen molar-refractivity contribution in [1.29, 1.82) is 0 Å².